The fourth-order valence-corrected chi connectivity index (χ4v) is 3.19. The molecular formula is C21H20N2O3S. The van der Waals surface area contributed by atoms with Crippen LogP contribution >= 0.6 is 11.3 Å². The largest absolute Gasteiger partial charge is 0.473 e. The van der Waals surface area contributed by atoms with Crippen LogP contribution in [-0.4, -0.2) is 22.5 Å². The molecule has 0 saturated heterocycles. The number of esters is 1. The first-order valence-corrected chi connectivity index (χ1v) is 9.42. The Morgan fingerprint density at radius 3 is 2.67 bits per heavy atom. The molecule has 0 spiro atoms. The molecule has 2 aromatic heterocycles. The minimum Gasteiger partial charge on any atom is -0.473 e. The van der Waals surface area contributed by atoms with Crippen molar-refractivity contribution < 1.29 is 14.3 Å². The average Bonchev–Trinajstić information content (AvgIpc) is 3.12. The third kappa shape index (κ3) is 5.24. The molecule has 5 nitrogen and oxygen atoms in total. The van der Waals surface area contributed by atoms with E-state index in [2.05, 4.69) is 9.97 Å². The molecule has 0 bridgehead atoms. The first-order valence-electron chi connectivity index (χ1n) is 8.61. The molecule has 0 aliphatic rings. The van der Waals surface area contributed by atoms with Crippen LogP contribution in [0.15, 0.2) is 60.8 Å². The zero-order valence-electron chi connectivity index (χ0n) is 15.2. The number of hydrogen-bond donors (Lipinski definition) is 0. The first-order chi connectivity index (χ1) is 13.2. The maximum Gasteiger partial charge on any atom is 0.331 e. The number of rotatable bonds is 7. The second-order valence-electron chi connectivity index (χ2n) is 5.72. The average molecular weight is 380 g/mol. The molecule has 0 N–H and O–H groups in total. The number of thiazole rings is 1. The molecule has 0 unspecified atom stereocenters. The minimum absolute atomic E-state index is 0.313. The Kier molecular flexibility index (Phi) is 6.33. The lowest BCUT2D eigenvalue weighted by atomic mass is 10.1. The van der Waals surface area contributed by atoms with E-state index in [0.29, 0.717) is 35.4 Å². The third-order valence-electron chi connectivity index (χ3n) is 3.63. The normalized spacial score (nSPS) is 11.3. The van der Waals surface area contributed by atoms with Crippen molar-refractivity contribution in [2.24, 2.45) is 0 Å². The highest BCUT2D eigenvalue weighted by atomic mass is 32.1. The van der Waals surface area contributed by atoms with Gasteiger partial charge in [-0.2, -0.15) is 0 Å². The first kappa shape index (κ1) is 18.8. The van der Waals surface area contributed by atoms with Crippen molar-refractivity contribution in [2.75, 3.05) is 6.61 Å². The molecule has 27 heavy (non-hydrogen) atoms. The molecule has 0 saturated carbocycles. The van der Waals surface area contributed by atoms with Gasteiger partial charge < -0.3 is 9.47 Å². The monoisotopic (exact) mass is 380 g/mol. The molecule has 6 heteroatoms. The summed E-state index contributed by atoms with van der Waals surface area (Å²) in [6.07, 6.45) is 3.21. The van der Waals surface area contributed by atoms with Crippen LogP contribution in [-0.2, 0) is 16.1 Å². The van der Waals surface area contributed by atoms with Crippen LogP contribution in [0.5, 0.6) is 5.88 Å². The second kappa shape index (κ2) is 9.09. The molecule has 1 aromatic carbocycles. The Balaban J connectivity index is 1.87. The van der Waals surface area contributed by atoms with Crippen LogP contribution in [0.25, 0.3) is 5.57 Å². The molecular weight excluding hydrogens is 360 g/mol. The van der Waals surface area contributed by atoms with Gasteiger partial charge in [0.25, 0.3) is 0 Å². The number of aromatic nitrogens is 2. The van der Waals surface area contributed by atoms with E-state index in [-0.39, 0.29) is 0 Å². The van der Waals surface area contributed by atoms with Crippen LogP contribution in [0.3, 0.4) is 0 Å². The molecule has 0 atom stereocenters. The summed E-state index contributed by atoms with van der Waals surface area (Å²) in [7, 11) is 0. The van der Waals surface area contributed by atoms with Crippen molar-refractivity contribution in [1.82, 2.24) is 9.97 Å². The number of carbonyl (C=O) groups is 1. The lowest BCUT2D eigenvalue weighted by molar-refractivity contribution is -0.137. The van der Waals surface area contributed by atoms with Gasteiger partial charge in [-0.15, -0.1) is 11.3 Å². The predicted molar refractivity (Wildman–Crippen MR) is 106 cm³/mol. The van der Waals surface area contributed by atoms with E-state index < -0.39 is 5.97 Å². The van der Waals surface area contributed by atoms with Gasteiger partial charge in [-0.3, -0.25) is 0 Å². The Hall–Kier alpha value is -2.99. The van der Waals surface area contributed by atoms with Gasteiger partial charge in [-0.1, -0.05) is 36.4 Å². The van der Waals surface area contributed by atoms with Gasteiger partial charge in [0.05, 0.1) is 12.3 Å². The van der Waals surface area contributed by atoms with Gasteiger partial charge in [0.15, 0.2) is 0 Å². The molecule has 138 valence electrons. The van der Waals surface area contributed by atoms with E-state index in [1.165, 1.54) is 17.4 Å². The van der Waals surface area contributed by atoms with Crippen molar-refractivity contribution >= 4 is 22.9 Å². The second-order valence-corrected chi connectivity index (χ2v) is 6.96. The van der Waals surface area contributed by atoms with E-state index in [0.717, 1.165) is 10.4 Å². The number of pyridine rings is 1. The molecule has 0 aliphatic heterocycles. The van der Waals surface area contributed by atoms with Crippen LogP contribution in [0.2, 0.25) is 0 Å². The summed E-state index contributed by atoms with van der Waals surface area (Å²) in [6.45, 7) is 4.48. The number of benzene rings is 1. The highest BCUT2D eigenvalue weighted by Gasteiger charge is 2.14. The maximum atomic E-state index is 12.0. The van der Waals surface area contributed by atoms with Crippen molar-refractivity contribution in [3.05, 3.63) is 81.9 Å². The Bertz CT molecular complexity index is 935. The topological polar surface area (TPSA) is 61.3 Å². The standard InChI is InChI=1S/C21H20N2O3S/c1-3-25-20(24)12-17(21-22-13-15(2)27-21)18-10-7-11-19(23-18)26-14-16-8-5-4-6-9-16/h4-13H,3,14H2,1-2H3/b17-12-. The quantitative estimate of drug-likeness (QED) is 0.448. The van der Waals surface area contributed by atoms with Crippen LogP contribution < -0.4 is 4.74 Å². The zero-order valence-corrected chi connectivity index (χ0v) is 16.0. The van der Waals surface area contributed by atoms with Gasteiger partial charge >= 0.3 is 5.97 Å². The van der Waals surface area contributed by atoms with Gasteiger partial charge in [-0.05, 0) is 25.5 Å². The van der Waals surface area contributed by atoms with E-state index in [4.69, 9.17) is 9.47 Å². The number of ether oxygens (including phenoxy) is 2. The highest BCUT2D eigenvalue weighted by Crippen LogP contribution is 2.27. The number of nitrogens with zero attached hydrogens (tertiary/aromatic N) is 2. The van der Waals surface area contributed by atoms with Crippen LogP contribution in [0.1, 0.15) is 28.1 Å². The summed E-state index contributed by atoms with van der Waals surface area (Å²) in [5, 5.41) is 0.716. The summed E-state index contributed by atoms with van der Waals surface area (Å²) >= 11 is 1.50. The van der Waals surface area contributed by atoms with Crippen LogP contribution in [0.4, 0.5) is 0 Å². The summed E-state index contributed by atoms with van der Waals surface area (Å²) in [5.41, 5.74) is 2.29. The highest BCUT2D eigenvalue weighted by molar-refractivity contribution is 7.12. The molecule has 3 aromatic rings. The summed E-state index contributed by atoms with van der Waals surface area (Å²) in [5.74, 6) is 0.0668. The van der Waals surface area contributed by atoms with E-state index in [9.17, 15) is 4.79 Å². The predicted octanol–water partition coefficient (Wildman–Crippen LogP) is 4.42. The zero-order chi connectivity index (χ0) is 19.1. The van der Waals surface area contributed by atoms with Crippen LogP contribution in [0, 0.1) is 6.92 Å². The summed E-state index contributed by atoms with van der Waals surface area (Å²) in [6, 6.07) is 15.4. The maximum absolute atomic E-state index is 12.0. The Labute approximate surface area is 162 Å². The summed E-state index contributed by atoms with van der Waals surface area (Å²) in [4.78, 5) is 22.0. The molecule has 0 fully saturated rings. The lowest BCUT2D eigenvalue weighted by Crippen LogP contribution is -2.03. The lowest BCUT2D eigenvalue weighted by Gasteiger charge is -2.09. The molecule has 0 amide bonds. The van der Waals surface area contributed by atoms with Crippen molar-refractivity contribution in [3.63, 3.8) is 0 Å². The van der Waals surface area contributed by atoms with E-state index in [1.807, 2.05) is 49.4 Å². The number of carbonyl (C=O) groups excluding carboxylic acids is 1. The SMILES string of the molecule is CCOC(=O)/C=C(/c1cccc(OCc2ccccc2)n1)c1ncc(C)s1. The minimum atomic E-state index is -0.419. The van der Waals surface area contributed by atoms with E-state index in [1.54, 1.807) is 19.2 Å². The third-order valence-corrected chi connectivity index (χ3v) is 4.58. The van der Waals surface area contributed by atoms with E-state index >= 15 is 0 Å². The molecule has 0 radical (unpaired) electrons. The molecule has 3 rings (SSSR count). The number of aryl methyl sites for hydroxylation is 1. The Morgan fingerprint density at radius 1 is 1.15 bits per heavy atom. The van der Waals surface area contributed by atoms with Gasteiger partial charge in [0, 0.05) is 28.8 Å². The van der Waals surface area contributed by atoms with Crippen molar-refractivity contribution in [2.45, 2.75) is 20.5 Å². The summed E-state index contributed by atoms with van der Waals surface area (Å²) < 4.78 is 10.9. The Morgan fingerprint density at radius 2 is 1.96 bits per heavy atom. The smallest absolute Gasteiger partial charge is 0.331 e. The number of hydrogen-bond acceptors (Lipinski definition) is 6. The van der Waals surface area contributed by atoms with Crippen molar-refractivity contribution in [3.8, 4) is 5.88 Å². The van der Waals surface area contributed by atoms with Gasteiger partial charge in [0.1, 0.15) is 11.6 Å². The fourth-order valence-electron chi connectivity index (χ4n) is 2.40. The van der Waals surface area contributed by atoms with Gasteiger partial charge in [-0.25, -0.2) is 14.8 Å². The molecule has 2 heterocycles. The fraction of sp³-hybridized carbons (Fsp3) is 0.190. The molecule has 0 aliphatic carbocycles. The van der Waals surface area contributed by atoms with Crippen molar-refractivity contribution in [1.29, 1.82) is 0 Å². The van der Waals surface area contributed by atoms with Gasteiger partial charge in [0.2, 0.25) is 5.88 Å².